The molecule has 1 heterocycles. The van der Waals surface area contributed by atoms with E-state index in [9.17, 15) is 14.9 Å². The second-order valence-electron chi connectivity index (χ2n) is 2.86. The van der Waals surface area contributed by atoms with Gasteiger partial charge in [-0.2, -0.15) is 5.26 Å². The molecule has 6 heteroatoms. The first-order valence-corrected chi connectivity index (χ1v) is 4.03. The number of nitriles is 1. The maximum Gasteiger partial charge on any atom is 0.552 e. The van der Waals surface area contributed by atoms with Crippen LogP contribution in [0.1, 0.15) is 0 Å². The summed E-state index contributed by atoms with van der Waals surface area (Å²) in [5.74, 6) is -1.07. The van der Waals surface area contributed by atoms with E-state index in [2.05, 4.69) is 0 Å². The zero-order valence-electron chi connectivity index (χ0n) is 7.41. The van der Waals surface area contributed by atoms with E-state index in [0.29, 0.717) is 4.74 Å². The Balaban J connectivity index is 2.81. The third-order valence-electron chi connectivity index (χ3n) is 2.03. The maximum atomic E-state index is 11.4. The summed E-state index contributed by atoms with van der Waals surface area (Å²) >= 11 is 0. The molecular formula is C9H5N3O3+2. The van der Waals surface area contributed by atoms with Crippen LogP contribution < -0.4 is 0 Å². The normalized spacial score (nSPS) is 14.9. The largest absolute Gasteiger partial charge is 0.552 e. The molecule has 0 saturated heterocycles. The highest BCUT2D eigenvalue weighted by molar-refractivity contribution is 6.40. The van der Waals surface area contributed by atoms with Crippen molar-refractivity contribution in [3.8, 4) is 6.07 Å². The lowest BCUT2D eigenvalue weighted by Crippen LogP contribution is -2.33. The first kappa shape index (κ1) is 9.02. The Hall–Kier alpha value is -2.55. The fraction of sp³-hybridized carbons (Fsp3) is 0. The number of rotatable bonds is 0. The molecular weight excluding hydrogens is 198 g/mol. The van der Waals surface area contributed by atoms with E-state index >= 15 is 0 Å². The van der Waals surface area contributed by atoms with Crippen molar-refractivity contribution in [2.24, 2.45) is 0 Å². The van der Waals surface area contributed by atoms with Crippen LogP contribution in [0, 0.1) is 16.2 Å². The summed E-state index contributed by atoms with van der Waals surface area (Å²) < 4.78 is 0.507. The Bertz CT molecular complexity index is 554. The second kappa shape index (κ2) is 2.99. The van der Waals surface area contributed by atoms with Crippen molar-refractivity contribution in [1.29, 1.82) is 5.26 Å². The van der Waals surface area contributed by atoms with Gasteiger partial charge in [-0.3, -0.25) is 5.21 Å². The summed E-state index contributed by atoms with van der Waals surface area (Å²) in [6.07, 6.45) is 0. The van der Waals surface area contributed by atoms with Crippen molar-refractivity contribution in [1.82, 2.24) is 0 Å². The number of carbonyl (C=O) groups is 1. The number of benzene rings is 1. The van der Waals surface area contributed by atoms with Crippen LogP contribution in [0.5, 0.6) is 0 Å². The molecule has 0 bridgehead atoms. The average Bonchev–Trinajstić information content (AvgIpc) is 2.27. The van der Waals surface area contributed by atoms with Gasteiger partial charge in [-0.25, -0.2) is 4.79 Å². The third-order valence-corrected chi connectivity index (χ3v) is 2.03. The molecule has 0 aromatic heterocycles. The van der Waals surface area contributed by atoms with Gasteiger partial charge in [-0.15, -0.1) is 0 Å². The number of hydrogen-bond acceptors (Lipinski definition) is 4. The molecule has 1 aromatic carbocycles. The number of carbonyl (C=O) groups excluding carboxylic acids is 1. The molecule has 72 valence electrons. The van der Waals surface area contributed by atoms with E-state index in [-0.39, 0.29) is 16.1 Å². The molecule has 0 unspecified atom stereocenters. The lowest BCUT2D eigenvalue weighted by molar-refractivity contribution is -0.717. The van der Waals surface area contributed by atoms with Crippen LogP contribution >= 0.6 is 0 Å². The van der Waals surface area contributed by atoms with Crippen molar-refractivity contribution in [3.05, 3.63) is 29.2 Å². The van der Waals surface area contributed by atoms with Crippen molar-refractivity contribution in [3.63, 3.8) is 0 Å². The van der Waals surface area contributed by atoms with Crippen LogP contribution in [0.3, 0.4) is 0 Å². The SMILES string of the molecule is N#CC1=[N+](O)c2ccccc2[N+](=O)C1=O. The van der Waals surface area contributed by atoms with Gasteiger partial charge in [-0.05, 0) is 0 Å². The Labute approximate surface area is 83.8 Å². The van der Waals surface area contributed by atoms with Crippen LogP contribution in [-0.4, -0.2) is 26.3 Å². The summed E-state index contributed by atoms with van der Waals surface area (Å²) in [6, 6.07) is 7.44. The Kier molecular flexibility index (Phi) is 1.80. The van der Waals surface area contributed by atoms with E-state index in [4.69, 9.17) is 5.26 Å². The summed E-state index contributed by atoms with van der Waals surface area (Å²) in [5, 5.41) is 18.1. The van der Waals surface area contributed by atoms with E-state index in [1.807, 2.05) is 0 Å². The van der Waals surface area contributed by atoms with Gasteiger partial charge in [0.05, 0.1) is 0 Å². The van der Waals surface area contributed by atoms with Gasteiger partial charge in [0.1, 0.15) is 4.76 Å². The molecule has 1 N–H and O–H groups in total. The lowest BCUT2D eigenvalue weighted by atomic mass is 10.2. The van der Waals surface area contributed by atoms with Gasteiger partial charge in [0, 0.05) is 21.8 Å². The molecule has 1 aromatic rings. The molecule has 0 spiro atoms. The molecule has 1 aliphatic rings. The molecule has 0 aliphatic carbocycles. The number of amides is 1. The zero-order chi connectivity index (χ0) is 11.0. The molecule has 0 atom stereocenters. The quantitative estimate of drug-likeness (QED) is 0.495. The molecule has 15 heavy (non-hydrogen) atoms. The first-order chi connectivity index (χ1) is 7.16. The molecule has 0 radical (unpaired) electrons. The third kappa shape index (κ3) is 1.10. The monoisotopic (exact) mass is 203 g/mol. The van der Waals surface area contributed by atoms with Crippen LogP contribution in [0.2, 0.25) is 0 Å². The van der Waals surface area contributed by atoms with Crippen molar-refractivity contribution >= 4 is 23.0 Å². The van der Waals surface area contributed by atoms with E-state index < -0.39 is 11.6 Å². The topological polar surface area (TPSA) is 84.2 Å². The van der Waals surface area contributed by atoms with Gasteiger partial charge in [0.2, 0.25) is 0 Å². The Morgan fingerprint density at radius 2 is 1.87 bits per heavy atom. The molecule has 0 saturated carbocycles. The summed E-state index contributed by atoms with van der Waals surface area (Å²) in [5.41, 5.74) is -0.476. The van der Waals surface area contributed by atoms with Crippen molar-refractivity contribution in [2.75, 3.05) is 0 Å². The van der Waals surface area contributed by atoms with E-state index in [0.717, 1.165) is 0 Å². The number of nitrogens with zero attached hydrogens (tertiary/aromatic N) is 3. The standard InChI is InChI=1S/C9H5N3O3/c10-5-8-9(13)12(15)7-4-2-1-3-6(7)11(8)14/h1-4,14H/q+2. The van der Waals surface area contributed by atoms with Gasteiger partial charge in [-0.1, -0.05) is 12.1 Å². The van der Waals surface area contributed by atoms with Gasteiger partial charge >= 0.3 is 23.0 Å². The smallest absolute Gasteiger partial charge is 0.283 e. The Morgan fingerprint density at radius 3 is 2.47 bits per heavy atom. The number of fused-ring (bicyclic) bond motifs is 1. The van der Waals surface area contributed by atoms with Crippen molar-refractivity contribution < 1.29 is 19.5 Å². The van der Waals surface area contributed by atoms with Gasteiger partial charge in [0.15, 0.2) is 6.07 Å². The highest BCUT2D eigenvalue weighted by Crippen LogP contribution is 2.28. The van der Waals surface area contributed by atoms with Crippen LogP contribution in [0.25, 0.3) is 0 Å². The van der Waals surface area contributed by atoms with Crippen LogP contribution in [0.4, 0.5) is 11.4 Å². The minimum Gasteiger partial charge on any atom is -0.283 e. The van der Waals surface area contributed by atoms with Crippen LogP contribution in [-0.2, 0) is 4.79 Å². The van der Waals surface area contributed by atoms with E-state index in [1.54, 1.807) is 12.1 Å². The highest BCUT2D eigenvalue weighted by Gasteiger charge is 2.49. The molecule has 6 nitrogen and oxygen atoms in total. The Morgan fingerprint density at radius 1 is 1.27 bits per heavy atom. The predicted molar refractivity (Wildman–Crippen MR) is 47.1 cm³/mol. The fourth-order valence-electron chi connectivity index (χ4n) is 1.33. The molecule has 1 amide bonds. The second-order valence-corrected chi connectivity index (χ2v) is 2.86. The number of nitroso groups, excluding NO2 is 1. The minimum atomic E-state index is -1.07. The number of para-hydroxylation sites is 2. The fourth-order valence-corrected chi connectivity index (χ4v) is 1.33. The van der Waals surface area contributed by atoms with E-state index in [1.165, 1.54) is 18.2 Å². The molecule has 2 rings (SSSR count). The summed E-state index contributed by atoms with van der Waals surface area (Å²) in [4.78, 5) is 22.7. The average molecular weight is 203 g/mol. The molecule has 1 aliphatic heterocycles. The molecule has 0 fully saturated rings. The summed E-state index contributed by atoms with van der Waals surface area (Å²) in [7, 11) is 0. The predicted octanol–water partition coefficient (Wildman–Crippen LogP) is 0.635. The maximum absolute atomic E-state index is 11.4. The number of hydrogen-bond donors (Lipinski definition) is 1. The zero-order valence-corrected chi connectivity index (χ0v) is 7.41. The highest BCUT2D eigenvalue weighted by atomic mass is 16.5. The summed E-state index contributed by atoms with van der Waals surface area (Å²) in [6.45, 7) is 0. The lowest BCUT2D eigenvalue weighted by Gasteiger charge is -1.98. The van der Waals surface area contributed by atoms with Gasteiger partial charge < -0.3 is 0 Å². The van der Waals surface area contributed by atoms with Crippen molar-refractivity contribution in [2.45, 2.75) is 0 Å². The van der Waals surface area contributed by atoms with Gasteiger partial charge in [0.25, 0.3) is 0 Å². The minimum absolute atomic E-state index is 0.0176. The first-order valence-electron chi connectivity index (χ1n) is 4.03. The van der Waals surface area contributed by atoms with Crippen LogP contribution in [0.15, 0.2) is 24.3 Å².